The van der Waals surface area contributed by atoms with E-state index in [1.807, 2.05) is 0 Å². The van der Waals surface area contributed by atoms with Gasteiger partial charge in [0.2, 0.25) is 0 Å². The molecule has 0 nitrogen and oxygen atoms in total. The van der Waals surface area contributed by atoms with Gasteiger partial charge >= 0.3 is 0 Å². The van der Waals surface area contributed by atoms with Crippen LogP contribution in [0.5, 0.6) is 0 Å². The summed E-state index contributed by atoms with van der Waals surface area (Å²) in [5.41, 5.74) is 6.11. The number of hydrogen-bond donors (Lipinski definition) is 0. The van der Waals surface area contributed by atoms with E-state index in [1.165, 1.54) is 35.1 Å². The highest BCUT2D eigenvalue weighted by atomic mass is 79.9. The lowest BCUT2D eigenvalue weighted by atomic mass is 9.82. The normalized spacial score (nSPS) is 15.4. The second kappa shape index (κ2) is 6.43. The fourth-order valence-electron chi connectivity index (χ4n) is 3.29. The number of aryl methyl sites for hydroxylation is 3. The largest absolute Gasteiger partial charge is 0.0838 e. The minimum Gasteiger partial charge on any atom is -0.0838 e. The van der Waals surface area contributed by atoms with Crippen LogP contribution in [0.15, 0.2) is 12.1 Å². The molecule has 0 heterocycles. The third-order valence-corrected chi connectivity index (χ3v) is 4.45. The van der Waals surface area contributed by atoms with Gasteiger partial charge in [-0.3, -0.25) is 0 Å². The summed E-state index contributed by atoms with van der Waals surface area (Å²) in [6, 6.07) is 4.59. The lowest BCUT2D eigenvalue weighted by molar-refractivity contribution is 0.296. The van der Waals surface area contributed by atoms with Gasteiger partial charge in [0.05, 0.1) is 0 Å². The van der Waals surface area contributed by atoms with Gasteiger partial charge in [-0.1, -0.05) is 61.3 Å². The van der Waals surface area contributed by atoms with Crippen LogP contribution < -0.4 is 0 Å². The highest BCUT2D eigenvalue weighted by molar-refractivity contribution is 9.09. The van der Waals surface area contributed by atoms with E-state index < -0.39 is 0 Å². The second-order valence-electron chi connectivity index (χ2n) is 7.39. The van der Waals surface area contributed by atoms with E-state index in [0.717, 1.165) is 5.92 Å². The van der Waals surface area contributed by atoms with Crippen molar-refractivity contribution >= 4 is 15.9 Å². The molecule has 19 heavy (non-hydrogen) atoms. The van der Waals surface area contributed by atoms with Gasteiger partial charge in [0, 0.05) is 4.83 Å². The molecular weight excluding hydrogens is 296 g/mol. The van der Waals surface area contributed by atoms with Crippen molar-refractivity contribution in [3.8, 4) is 0 Å². The standard InChI is InChI=1S/C18H29Br/c1-12-8-14(3)17(15(4)9-12)16(19)10-13(2)11-18(5,6)7/h8-9,13,16H,10-11H2,1-7H3. The molecule has 0 aliphatic rings. The molecule has 1 rings (SSSR count). The topological polar surface area (TPSA) is 0 Å². The maximum atomic E-state index is 3.92. The summed E-state index contributed by atoms with van der Waals surface area (Å²) < 4.78 is 0. The SMILES string of the molecule is Cc1cc(C)c(C(Br)CC(C)CC(C)(C)C)c(C)c1. The Balaban J connectivity index is 2.81. The zero-order chi connectivity index (χ0) is 14.8. The Morgan fingerprint density at radius 1 is 1.05 bits per heavy atom. The summed E-state index contributed by atoms with van der Waals surface area (Å²) >= 11 is 3.92. The molecule has 0 amide bonds. The van der Waals surface area contributed by atoms with Crippen molar-refractivity contribution < 1.29 is 0 Å². The van der Waals surface area contributed by atoms with Crippen LogP contribution in [-0.4, -0.2) is 0 Å². The minimum atomic E-state index is 0.420. The van der Waals surface area contributed by atoms with Crippen LogP contribution in [0.2, 0.25) is 0 Å². The van der Waals surface area contributed by atoms with Crippen molar-refractivity contribution in [2.24, 2.45) is 11.3 Å². The Kier molecular flexibility index (Phi) is 5.67. The van der Waals surface area contributed by atoms with Crippen LogP contribution in [0.25, 0.3) is 0 Å². The van der Waals surface area contributed by atoms with Crippen LogP contribution in [0, 0.1) is 32.1 Å². The van der Waals surface area contributed by atoms with Crippen LogP contribution in [0.1, 0.15) is 67.6 Å². The molecule has 0 saturated carbocycles. The van der Waals surface area contributed by atoms with Crippen LogP contribution in [0.3, 0.4) is 0 Å². The van der Waals surface area contributed by atoms with E-state index in [2.05, 4.69) is 76.5 Å². The van der Waals surface area contributed by atoms with E-state index in [0.29, 0.717) is 10.2 Å². The van der Waals surface area contributed by atoms with Gasteiger partial charge in [-0.05, 0) is 61.6 Å². The molecule has 0 saturated heterocycles. The van der Waals surface area contributed by atoms with Gasteiger partial charge in [-0.15, -0.1) is 0 Å². The first kappa shape index (κ1) is 16.8. The number of benzene rings is 1. The molecule has 1 heteroatoms. The molecule has 2 atom stereocenters. The Labute approximate surface area is 128 Å². The minimum absolute atomic E-state index is 0.420. The first-order valence-corrected chi connectivity index (χ1v) is 8.23. The maximum Gasteiger partial charge on any atom is 0.0403 e. The molecule has 108 valence electrons. The van der Waals surface area contributed by atoms with Gasteiger partial charge in [-0.25, -0.2) is 0 Å². The predicted octanol–water partition coefficient (Wildman–Crippen LogP) is 6.51. The molecular formula is C18H29Br. The Hall–Kier alpha value is -0.300. The molecule has 1 aromatic carbocycles. The zero-order valence-electron chi connectivity index (χ0n) is 13.6. The van der Waals surface area contributed by atoms with E-state index in [9.17, 15) is 0 Å². The van der Waals surface area contributed by atoms with Crippen LogP contribution in [0.4, 0.5) is 0 Å². The Morgan fingerprint density at radius 2 is 1.53 bits per heavy atom. The quantitative estimate of drug-likeness (QED) is 0.554. The lowest BCUT2D eigenvalue weighted by Gasteiger charge is -2.26. The fraction of sp³-hybridized carbons (Fsp3) is 0.667. The van der Waals surface area contributed by atoms with Crippen molar-refractivity contribution in [3.63, 3.8) is 0 Å². The highest BCUT2D eigenvalue weighted by Gasteiger charge is 2.20. The summed E-state index contributed by atoms with van der Waals surface area (Å²) in [5.74, 6) is 0.740. The molecule has 1 aromatic rings. The maximum absolute atomic E-state index is 3.92. The van der Waals surface area contributed by atoms with Crippen LogP contribution >= 0.6 is 15.9 Å². The van der Waals surface area contributed by atoms with Gasteiger partial charge < -0.3 is 0 Å². The summed E-state index contributed by atoms with van der Waals surface area (Å²) in [6.07, 6.45) is 2.49. The Bertz CT molecular complexity index is 403. The van der Waals surface area contributed by atoms with E-state index in [1.54, 1.807) is 0 Å². The van der Waals surface area contributed by atoms with Gasteiger partial charge in [0.1, 0.15) is 0 Å². The van der Waals surface area contributed by atoms with Gasteiger partial charge in [0.25, 0.3) is 0 Å². The molecule has 0 aliphatic heterocycles. The molecule has 0 aliphatic carbocycles. The Morgan fingerprint density at radius 3 is 1.95 bits per heavy atom. The van der Waals surface area contributed by atoms with Crippen LogP contribution in [-0.2, 0) is 0 Å². The second-order valence-corrected chi connectivity index (χ2v) is 8.49. The first-order chi connectivity index (χ1) is 8.60. The molecule has 2 unspecified atom stereocenters. The summed E-state index contributed by atoms with van der Waals surface area (Å²) in [6.45, 7) is 16.0. The first-order valence-electron chi connectivity index (χ1n) is 7.32. The van der Waals surface area contributed by atoms with Crippen molar-refractivity contribution in [1.29, 1.82) is 0 Å². The summed E-state index contributed by atoms with van der Waals surface area (Å²) in [7, 11) is 0. The summed E-state index contributed by atoms with van der Waals surface area (Å²) in [4.78, 5) is 0.477. The van der Waals surface area contributed by atoms with Crippen molar-refractivity contribution in [2.45, 2.75) is 66.1 Å². The number of halogens is 1. The average Bonchev–Trinajstić information content (AvgIpc) is 2.10. The van der Waals surface area contributed by atoms with E-state index in [-0.39, 0.29) is 0 Å². The van der Waals surface area contributed by atoms with Crippen molar-refractivity contribution in [2.75, 3.05) is 0 Å². The number of hydrogen-bond acceptors (Lipinski definition) is 0. The number of rotatable bonds is 4. The molecule has 0 radical (unpaired) electrons. The predicted molar refractivity (Wildman–Crippen MR) is 90.2 cm³/mol. The van der Waals surface area contributed by atoms with E-state index >= 15 is 0 Å². The third-order valence-electron chi connectivity index (χ3n) is 3.62. The molecule has 0 aromatic heterocycles. The van der Waals surface area contributed by atoms with Gasteiger partial charge in [-0.2, -0.15) is 0 Å². The average molecular weight is 325 g/mol. The van der Waals surface area contributed by atoms with Gasteiger partial charge in [0.15, 0.2) is 0 Å². The smallest absolute Gasteiger partial charge is 0.0403 e. The molecule has 0 spiro atoms. The monoisotopic (exact) mass is 324 g/mol. The van der Waals surface area contributed by atoms with Crippen molar-refractivity contribution in [3.05, 3.63) is 34.4 Å². The summed E-state index contributed by atoms with van der Waals surface area (Å²) in [5, 5.41) is 0. The molecule has 0 bridgehead atoms. The van der Waals surface area contributed by atoms with Crippen molar-refractivity contribution in [1.82, 2.24) is 0 Å². The third kappa shape index (κ3) is 5.30. The zero-order valence-corrected chi connectivity index (χ0v) is 15.2. The highest BCUT2D eigenvalue weighted by Crippen LogP contribution is 2.37. The molecule has 0 fully saturated rings. The molecule has 0 N–H and O–H groups in total. The van der Waals surface area contributed by atoms with E-state index in [4.69, 9.17) is 0 Å². The fourth-order valence-corrected chi connectivity index (χ4v) is 4.65. The number of alkyl halides is 1. The lowest BCUT2D eigenvalue weighted by Crippen LogP contribution is -2.13.